The molecular weight excluding hydrogens is 268 g/mol. The Morgan fingerprint density at radius 2 is 1.75 bits per heavy atom. The molecular formula is C12H16N2O6. The van der Waals surface area contributed by atoms with Crippen LogP contribution < -0.4 is 10.6 Å². The number of carbonyl (C=O) groups excluding carboxylic acids is 4. The van der Waals surface area contributed by atoms with Crippen LogP contribution in [0, 0.1) is 0 Å². The number of hydrogen-bond donors (Lipinski definition) is 4. The number of amides is 2. The summed E-state index contributed by atoms with van der Waals surface area (Å²) in [5.41, 5.74) is -1.78. The largest absolute Gasteiger partial charge is 0.385 e. The van der Waals surface area contributed by atoms with Crippen LogP contribution in [0.25, 0.3) is 0 Å². The van der Waals surface area contributed by atoms with Crippen molar-refractivity contribution in [2.24, 2.45) is 0 Å². The Bertz CT molecular complexity index is 477. The van der Waals surface area contributed by atoms with Crippen LogP contribution in [0.5, 0.6) is 0 Å². The second-order valence-corrected chi connectivity index (χ2v) is 5.08. The van der Waals surface area contributed by atoms with Crippen molar-refractivity contribution in [3.8, 4) is 0 Å². The third kappa shape index (κ3) is 2.44. The molecule has 1 saturated heterocycles. The second-order valence-electron chi connectivity index (χ2n) is 5.08. The molecule has 2 amide bonds. The molecule has 2 aliphatic rings. The zero-order valence-electron chi connectivity index (χ0n) is 10.7. The molecule has 2 fully saturated rings. The summed E-state index contributed by atoms with van der Waals surface area (Å²) in [5.74, 6) is -2.76. The van der Waals surface area contributed by atoms with Crippen LogP contribution in [0.15, 0.2) is 0 Å². The number of Topliss-reactive ketones (excluding diaryl/α,β-unsaturated/α-hetero) is 2. The zero-order chi connectivity index (χ0) is 14.9. The highest BCUT2D eigenvalue weighted by atomic mass is 16.3. The van der Waals surface area contributed by atoms with Crippen LogP contribution in [0.4, 0.5) is 0 Å². The van der Waals surface area contributed by atoms with E-state index >= 15 is 0 Å². The van der Waals surface area contributed by atoms with Gasteiger partial charge in [-0.3, -0.25) is 19.2 Å². The quantitative estimate of drug-likeness (QED) is 0.361. The van der Waals surface area contributed by atoms with E-state index in [4.69, 9.17) is 0 Å². The lowest BCUT2D eigenvalue weighted by atomic mass is 9.88. The summed E-state index contributed by atoms with van der Waals surface area (Å²) in [6.45, 7) is 0.222. The first kappa shape index (κ1) is 14.6. The highest BCUT2D eigenvalue weighted by Crippen LogP contribution is 2.28. The summed E-state index contributed by atoms with van der Waals surface area (Å²) in [4.78, 5) is 47.1. The van der Waals surface area contributed by atoms with Gasteiger partial charge >= 0.3 is 0 Å². The number of carbonyl (C=O) groups is 4. The Morgan fingerprint density at radius 3 is 2.35 bits per heavy atom. The highest BCUT2D eigenvalue weighted by molar-refractivity contribution is 6.21. The van der Waals surface area contributed by atoms with E-state index in [1.807, 2.05) is 0 Å². The van der Waals surface area contributed by atoms with E-state index in [9.17, 15) is 29.4 Å². The minimum atomic E-state index is -1.78. The molecule has 1 spiro atoms. The van der Waals surface area contributed by atoms with Gasteiger partial charge in [-0.2, -0.15) is 0 Å². The van der Waals surface area contributed by atoms with Crippen LogP contribution >= 0.6 is 0 Å². The van der Waals surface area contributed by atoms with Gasteiger partial charge in [0.2, 0.25) is 5.91 Å². The highest BCUT2D eigenvalue weighted by Gasteiger charge is 2.55. The van der Waals surface area contributed by atoms with E-state index in [0.717, 1.165) is 0 Å². The first-order chi connectivity index (χ1) is 9.36. The van der Waals surface area contributed by atoms with E-state index in [2.05, 4.69) is 10.6 Å². The molecule has 8 nitrogen and oxygen atoms in total. The zero-order valence-corrected chi connectivity index (χ0v) is 10.7. The number of rotatable bonds is 0. The average Bonchev–Trinajstić information content (AvgIpc) is 2.58. The number of aliphatic hydroxyl groups excluding tert-OH is 2. The summed E-state index contributed by atoms with van der Waals surface area (Å²) >= 11 is 0. The van der Waals surface area contributed by atoms with Crippen molar-refractivity contribution < 1.29 is 29.4 Å². The SMILES string of the molecule is O=C1CC(O)C(=O)NC2(CCCN1)C(=O)CC(O)C2=O. The summed E-state index contributed by atoms with van der Waals surface area (Å²) in [5, 5.41) is 23.8. The molecule has 0 radical (unpaired) electrons. The maximum atomic E-state index is 12.0. The molecule has 3 atom stereocenters. The Balaban J connectivity index is 2.28. The Labute approximate surface area is 114 Å². The van der Waals surface area contributed by atoms with Gasteiger partial charge in [-0.05, 0) is 12.8 Å². The predicted octanol–water partition coefficient (Wildman–Crippen LogP) is -2.59. The summed E-state index contributed by atoms with van der Waals surface area (Å²) in [6.07, 6.45) is -3.57. The lowest BCUT2D eigenvalue weighted by Gasteiger charge is -2.29. The molecule has 1 aliphatic carbocycles. The Kier molecular flexibility index (Phi) is 3.87. The van der Waals surface area contributed by atoms with E-state index in [1.54, 1.807) is 0 Å². The fourth-order valence-corrected chi connectivity index (χ4v) is 2.54. The van der Waals surface area contributed by atoms with Crippen molar-refractivity contribution in [1.82, 2.24) is 10.6 Å². The summed E-state index contributed by atoms with van der Waals surface area (Å²) in [6, 6.07) is 0. The molecule has 110 valence electrons. The van der Waals surface area contributed by atoms with Crippen molar-refractivity contribution in [1.29, 1.82) is 0 Å². The molecule has 0 aromatic rings. The van der Waals surface area contributed by atoms with Gasteiger partial charge in [0.05, 0.1) is 6.42 Å². The molecule has 1 heterocycles. The van der Waals surface area contributed by atoms with Crippen LogP contribution in [0.1, 0.15) is 25.7 Å². The first-order valence-electron chi connectivity index (χ1n) is 6.39. The van der Waals surface area contributed by atoms with E-state index in [0.29, 0.717) is 6.42 Å². The topological polar surface area (TPSA) is 133 Å². The molecule has 1 aliphatic heterocycles. The molecule has 4 N–H and O–H groups in total. The molecule has 3 unspecified atom stereocenters. The van der Waals surface area contributed by atoms with Crippen LogP contribution in [-0.2, 0) is 19.2 Å². The second kappa shape index (κ2) is 5.29. The standard InChI is InChI=1S/C12H16N2O6/c15-6-4-8(17)12(10(6)19)2-1-3-13-9(18)5-7(16)11(20)14-12/h6-7,15-16H,1-5H2,(H,13,18)(H,14,20). The van der Waals surface area contributed by atoms with Gasteiger partial charge < -0.3 is 20.8 Å². The minimum Gasteiger partial charge on any atom is -0.385 e. The first-order valence-corrected chi connectivity index (χ1v) is 6.39. The molecule has 2 rings (SSSR count). The number of nitrogens with one attached hydrogen (secondary N) is 2. The average molecular weight is 284 g/mol. The van der Waals surface area contributed by atoms with Crippen LogP contribution in [-0.4, -0.2) is 57.9 Å². The summed E-state index contributed by atoms with van der Waals surface area (Å²) in [7, 11) is 0. The van der Waals surface area contributed by atoms with Gasteiger partial charge in [0.25, 0.3) is 5.91 Å². The lowest BCUT2D eigenvalue weighted by molar-refractivity contribution is -0.143. The van der Waals surface area contributed by atoms with Gasteiger partial charge in [-0.25, -0.2) is 0 Å². The molecule has 20 heavy (non-hydrogen) atoms. The van der Waals surface area contributed by atoms with Gasteiger partial charge in [0, 0.05) is 13.0 Å². The van der Waals surface area contributed by atoms with Gasteiger partial charge in [-0.15, -0.1) is 0 Å². The molecule has 0 aromatic carbocycles. The van der Waals surface area contributed by atoms with Gasteiger partial charge in [0.1, 0.15) is 12.2 Å². The lowest BCUT2D eigenvalue weighted by Crippen LogP contribution is -2.60. The Morgan fingerprint density at radius 1 is 1.05 bits per heavy atom. The van der Waals surface area contributed by atoms with Crippen LogP contribution in [0.3, 0.4) is 0 Å². The van der Waals surface area contributed by atoms with Crippen molar-refractivity contribution in [3.63, 3.8) is 0 Å². The van der Waals surface area contributed by atoms with Crippen LogP contribution in [0.2, 0.25) is 0 Å². The number of ketones is 2. The van der Waals surface area contributed by atoms with Crippen molar-refractivity contribution in [3.05, 3.63) is 0 Å². The minimum absolute atomic E-state index is 0.0134. The third-order valence-corrected chi connectivity index (χ3v) is 3.65. The molecule has 1 saturated carbocycles. The molecule has 0 aromatic heterocycles. The van der Waals surface area contributed by atoms with E-state index < -0.39 is 47.5 Å². The maximum Gasteiger partial charge on any atom is 0.250 e. The third-order valence-electron chi connectivity index (χ3n) is 3.65. The van der Waals surface area contributed by atoms with E-state index in [-0.39, 0.29) is 19.4 Å². The van der Waals surface area contributed by atoms with Crippen molar-refractivity contribution in [2.45, 2.75) is 43.4 Å². The molecule has 8 heteroatoms. The number of hydrogen-bond acceptors (Lipinski definition) is 6. The summed E-state index contributed by atoms with van der Waals surface area (Å²) < 4.78 is 0. The number of aliphatic hydroxyl groups is 2. The predicted molar refractivity (Wildman–Crippen MR) is 64.4 cm³/mol. The normalized spacial score (nSPS) is 35.9. The Hall–Kier alpha value is -1.80. The van der Waals surface area contributed by atoms with Crippen molar-refractivity contribution >= 4 is 23.4 Å². The fraction of sp³-hybridized carbons (Fsp3) is 0.667. The monoisotopic (exact) mass is 284 g/mol. The maximum absolute atomic E-state index is 12.0. The van der Waals surface area contributed by atoms with Crippen molar-refractivity contribution in [2.75, 3.05) is 6.54 Å². The molecule has 0 bridgehead atoms. The smallest absolute Gasteiger partial charge is 0.250 e. The van der Waals surface area contributed by atoms with E-state index in [1.165, 1.54) is 0 Å². The van der Waals surface area contributed by atoms with Gasteiger partial charge in [0.15, 0.2) is 17.1 Å². The van der Waals surface area contributed by atoms with Gasteiger partial charge in [-0.1, -0.05) is 0 Å². The fourth-order valence-electron chi connectivity index (χ4n) is 2.54.